The van der Waals surface area contributed by atoms with E-state index in [0.717, 1.165) is 23.1 Å². The van der Waals surface area contributed by atoms with Gasteiger partial charge in [0.05, 0.1) is 19.3 Å². The number of rotatable bonds is 7. The van der Waals surface area contributed by atoms with Gasteiger partial charge >= 0.3 is 0 Å². The Morgan fingerprint density at radius 2 is 2.30 bits per heavy atom. The van der Waals surface area contributed by atoms with Gasteiger partial charge in [0.1, 0.15) is 5.82 Å². The molecule has 0 atom stereocenters. The number of methoxy groups -OCH3 is 1. The fourth-order valence-electron chi connectivity index (χ4n) is 1.82. The van der Waals surface area contributed by atoms with Crippen LogP contribution in [0.4, 0.5) is 4.39 Å². The molecule has 0 spiro atoms. The zero-order chi connectivity index (χ0) is 14.4. The monoisotopic (exact) mass is 341 g/mol. The van der Waals surface area contributed by atoms with Gasteiger partial charge in [-0.25, -0.2) is 4.39 Å². The zero-order valence-electron chi connectivity index (χ0n) is 11.3. The van der Waals surface area contributed by atoms with E-state index in [4.69, 9.17) is 4.74 Å². The third-order valence-corrected chi connectivity index (χ3v) is 3.34. The first kappa shape index (κ1) is 15.2. The fraction of sp³-hybridized carbons (Fsp3) is 0.357. The number of nitrogens with zero attached hydrogens (tertiary/aromatic N) is 2. The van der Waals surface area contributed by atoms with Crippen LogP contribution >= 0.6 is 15.9 Å². The third-order valence-electron chi connectivity index (χ3n) is 2.85. The van der Waals surface area contributed by atoms with Crippen molar-refractivity contribution >= 4 is 15.9 Å². The molecular formula is C14H17BrFN3O. The van der Waals surface area contributed by atoms with E-state index in [9.17, 15) is 4.39 Å². The van der Waals surface area contributed by atoms with Gasteiger partial charge in [-0.1, -0.05) is 22.0 Å². The van der Waals surface area contributed by atoms with Crippen LogP contribution in [0, 0.1) is 5.82 Å². The maximum atomic E-state index is 13.7. The molecule has 108 valence electrons. The second-order valence-corrected chi connectivity index (χ2v) is 5.37. The average molecular weight is 342 g/mol. The minimum absolute atomic E-state index is 0.227. The highest BCUT2D eigenvalue weighted by Gasteiger charge is 2.05. The van der Waals surface area contributed by atoms with Crippen LogP contribution in [0.5, 0.6) is 0 Å². The molecule has 0 aliphatic carbocycles. The van der Waals surface area contributed by atoms with Gasteiger partial charge in [-0.05, 0) is 12.1 Å². The van der Waals surface area contributed by atoms with Crippen LogP contribution in [-0.2, 0) is 17.8 Å². The Labute approximate surface area is 126 Å². The quantitative estimate of drug-likeness (QED) is 0.786. The van der Waals surface area contributed by atoms with Crippen molar-refractivity contribution in [3.8, 4) is 0 Å². The van der Waals surface area contributed by atoms with Gasteiger partial charge in [0.25, 0.3) is 0 Å². The topological polar surface area (TPSA) is 39.1 Å². The van der Waals surface area contributed by atoms with Crippen LogP contribution in [0.1, 0.15) is 11.1 Å². The van der Waals surface area contributed by atoms with Gasteiger partial charge in [-0.2, -0.15) is 5.10 Å². The molecule has 1 heterocycles. The Kier molecular flexibility index (Phi) is 5.70. The lowest BCUT2D eigenvalue weighted by atomic mass is 10.2. The van der Waals surface area contributed by atoms with Gasteiger partial charge in [-0.15, -0.1) is 0 Å². The predicted octanol–water partition coefficient (Wildman–Crippen LogP) is 2.57. The van der Waals surface area contributed by atoms with Crippen molar-refractivity contribution in [1.29, 1.82) is 0 Å². The Bertz CT molecular complexity index is 559. The number of aromatic nitrogens is 2. The molecule has 0 saturated carbocycles. The van der Waals surface area contributed by atoms with Crippen LogP contribution in [0.25, 0.3) is 0 Å². The van der Waals surface area contributed by atoms with E-state index in [0.29, 0.717) is 18.7 Å². The highest BCUT2D eigenvalue weighted by Crippen LogP contribution is 2.16. The number of halogens is 2. The van der Waals surface area contributed by atoms with Crippen LogP contribution < -0.4 is 5.32 Å². The molecule has 0 bridgehead atoms. The molecule has 2 rings (SSSR count). The summed E-state index contributed by atoms with van der Waals surface area (Å²) in [5.74, 6) is -0.227. The SMILES string of the molecule is COCCNCc1cnn(Cc2ccc(Br)cc2F)c1. The highest BCUT2D eigenvalue weighted by atomic mass is 79.9. The summed E-state index contributed by atoms with van der Waals surface area (Å²) >= 11 is 3.25. The normalized spacial score (nSPS) is 10.9. The summed E-state index contributed by atoms with van der Waals surface area (Å²) in [5.41, 5.74) is 1.69. The summed E-state index contributed by atoms with van der Waals surface area (Å²) in [6, 6.07) is 5.05. The maximum absolute atomic E-state index is 13.7. The second kappa shape index (κ2) is 7.52. The Hall–Kier alpha value is -1.24. The summed E-state index contributed by atoms with van der Waals surface area (Å²) in [6.45, 7) is 2.63. The Morgan fingerprint density at radius 3 is 3.05 bits per heavy atom. The average Bonchev–Trinajstić information content (AvgIpc) is 2.86. The van der Waals surface area contributed by atoms with Crippen molar-refractivity contribution < 1.29 is 9.13 Å². The smallest absolute Gasteiger partial charge is 0.129 e. The lowest BCUT2D eigenvalue weighted by Crippen LogP contribution is -2.18. The standard InChI is InChI=1S/C14H17BrFN3O/c1-20-5-4-17-7-11-8-18-19(9-11)10-12-2-3-13(15)6-14(12)16/h2-3,6,8-9,17H,4-5,7,10H2,1H3. The van der Waals surface area contributed by atoms with Crippen molar-refractivity contribution in [2.75, 3.05) is 20.3 Å². The zero-order valence-corrected chi connectivity index (χ0v) is 12.9. The molecule has 1 aromatic heterocycles. The summed E-state index contributed by atoms with van der Waals surface area (Å²) in [4.78, 5) is 0. The van der Waals surface area contributed by atoms with E-state index in [2.05, 4.69) is 26.3 Å². The van der Waals surface area contributed by atoms with Crippen molar-refractivity contribution in [3.63, 3.8) is 0 Å². The van der Waals surface area contributed by atoms with Crippen LogP contribution in [0.2, 0.25) is 0 Å². The van der Waals surface area contributed by atoms with Crippen molar-refractivity contribution in [2.24, 2.45) is 0 Å². The first-order valence-electron chi connectivity index (χ1n) is 6.34. The molecular weight excluding hydrogens is 325 g/mol. The molecule has 0 aliphatic heterocycles. The first-order chi connectivity index (χ1) is 9.69. The van der Waals surface area contributed by atoms with Crippen molar-refractivity contribution in [2.45, 2.75) is 13.1 Å². The van der Waals surface area contributed by atoms with E-state index in [1.165, 1.54) is 6.07 Å². The summed E-state index contributed by atoms with van der Waals surface area (Å²) in [7, 11) is 1.67. The summed E-state index contributed by atoms with van der Waals surface area (Å²) < 4.78 is 21.2. The first-order valence-corrected chi connectivity index (χ1v) is 7.13. The molecule has 0 unspecified atom stereocenters. The van der Waals surface area contributed by atoms with E-state index in [1.807, 2.05) is 12.3 Å². The van der Waals surface area contributed by atoms with Crippen molar-refractivity contribution in [3.05, 3.63) is 52.0 Å². The molecule has 0 fully saturated rings. The number of benzene rings is 1. The lowest BCUT2D eigenvalue weighted by Gasteiger charge is -2.04. The molecule has 1 aromatic carbocycles. The van der Waals surface area contributed by atoms with E-state index >= 15 is 0 Å². The van der Waals surface area contributed by atoms with Gasteiger partial charge in [0, 0.05) is 42.0 Å². The molecule has 1 N–H and O–H groups in total. The van der Waals surface area contributed by atoms with E-state index in [-0.39, 0.29) is 5.82 Å². The maximum Gasteiger partial charge on any atom is 0.129 e. The largest absolute Gasteiger partial charge is 0.383 e. The van der Waals surface area contributed by atoms with E-state index in [1.54, 1.807) is 24.1 Å². The molecule has 6 heteroatoms. The van der Waals surface area contributed by atoms with Crippen LogP contribution in [0.15, 0.2) is 35.1 Å². The molecule has 20 heavy (non-hydrogen) atoms. The number of hydrogen-bond acceptors (Lipinski definition) is 3. The predicted molar refractivity (Wildman–Crippen MR) is 79.0 cm³/mol. The molecule has 0 saturated heterocycles. The van der Waals surface area contributed by atoms with Gasteiger partial charge in [0.15, 0.2) is 0 Å². The number of nitrogens with one attached hydrogen (secondary N) is 1. The lowest BCUT2D eigenvalue weighted by molar-refractivity contribution is 0.199. The Morgan fingerprint density at radius 1 is 1.45 bits per heavy atom. The highest BCUT2D eigenvalue weighted by molar-refractivity contribution is 9.10. The van der Waals surface area contributed by atoms with Gasteiger partial charge in [-0.3, -0.25) is 4.68 Å². The van der Waals surface area contributed by atoms with Crippen LogP contribution in [-0.4, -0.2) is 30.0 Å². The summed E-state index contributed by atoms with van der Waals surface area (Å²) in [6.07, 6.45) is 3.71. The number of hydrogen-bond donors (Lipinski definition) is 1. The summed E-state index contributed by atoms with van der Waals surface area (Å²) in [5, 5.41) is 7.48. The molecule has 4 nitrogen and oxygen atoms in total. The molecule has 0 radical (unpaired) electrons. The Balaban J connectivity index is 1.92. The van der Waals surface area contributed by atoms with Gasteiger partial charge < -0.3 is 10.1 Å². The van der Waals surface area contributed by atoms with E-state index < -0.39 is 0 Å². The minimum Gasteiger partial charge on any atom is -0.383 e. The minimum atomic E-state index is -0.227. The van der Waals surface area contributed by atoms with Crippen LogP contribution in [0.3, 0.4) is 0 Å². The molecule has 0 aliphatic rings. The molecule has 2 aromatic rings. The van der Waals surface area contributed by atoms with Gasteiger partial charge in [0.2, 0.25) is 0 Å². The van der Waals surface area contributed by atoms with Crippen molar-refractivity contribution in [1.82, 2.24) is 15.1 Å². The molecule has 0 amide bonds. The number of ether oxygens (including phenoxy) is 1. The second-order valence-electron chi connectivity index (χ2n) is 4.45. The fourth-order valence-corrected chi connectivity index (χ4v) is 2.15. The third kappa shape index (κ3) is 4.40.